The third-order valence-electron chi connectivity index (χ3n) is 5.71. The molecule has 0 atom stereocenters. The number of piperidine rings is 1. The Bertz CT molecular complexity index is 728. The van der Waals surface area contributed by atoms with Crippen LogP contribution in [0.15, 0.2) is 30.5 Å². The number of hydrogen-bond donors (Lipinski definition) is 0. The molecule has 0 bridgehead atoms. The smallest absolute Gasteiger partial charge is 0.222 e. The monoisotopic (exact) mass is 325 g/mol. The maximum absolute atomic E-state index is 11.9. The Labute approximate surface area is 144 Å². The maximum Gasteiger partial charge on any atom is 0.222 e. The van der Waals surface area contributed by atoms with Gasteiger partial charge in [-0.05, 0) is 37.8 Å². The lowest BCUT2D eigenvalue weighted by Gasteiger charge is -2.36. The third kappa shape index (κ3) is 2.84. The molecule has 3 heterocycles. The summed E-state index contributed by atoms with van der Waals surface area (Å²) >= 11 is 0. The molecule has 24 heavy (non-hydrogen) atoms. The Morgan fingerprint density at radius 1 is 1.12 bits per heavy atom. The summed E-state index contributed by atoms with van der Waals surface area (Å²) in [5.74, 6) is 0.375. The maximum atomic E-state index is 11.9. The number of aryl methyl sites for hydroxylation is 1. The normalized spacial score (nSPS) is 20.4. The zero-order chi connectivity index (χ0) is 16.5. The van der Waals surface area contributed by atoms with Crippen LogP contribution in [0.25, 0.3) is 10.9 Å². The van der Waals surface area contributed by atoms with Crippen molar-refractivity contribution in [3.05, 3.63) is 36.0 Å². The second-order valence-corrected chi connectivity index (χ2v) is 7.16. The first-order chi connectivity index (χ1) is 11.8. The number of likely N-dealkylation sites (tertiary alicyclic amines) is 2. The molecule has 2 aliphatic rings. The Kier molecular flexibility index (Phi) is 4.31. The number of aromatic nitrogens is 1. The Morgan fingerprint density at radius 3 is 2.62 bits per heavy atom. The molecule has 128 valence electrons. The van der Waals surface area contributed by atoms with Gasteiger partial charge >= 0.3 is 0 Å². The molecule has 0 spiro atoms. The number of amides is 1. The molecule has 1 aromatic carbocycles. The molecule has 4 nitrogen and oxygen atoms in total. The highest BCUT2D eigenvalue weighted by atomic mass is 16.2. The fourth-order valence-electron chi connectivity index (χ4n) is 4.40. The first-order valence-corrected chi connectivity index (χ1v) is 9.35. The molecule has 2 fully saturated rings. The molecule has 0 N–H and O–H groups in total. The summed E-state index contributed by atoms with van der Waals surface area (Å²) < 4.78 is 2.35. The summed E-state index contributed by atoms with van der Waals surface area (Å²) in [6.45, 7) is 7.41. The van der Waals surface area contributed by atoms with Gasteiger partial charge in [0.1, 0.15) is 0 Å². The number of hydrogen-bond acceptors (Lipinski definition) is 2. The summed E-state index contributed by atoms with van der Waals surface area (Å²) in [5.41, 5.74) is 2.77. The van der Waals surface area contributed by atoms with Gasteiger partial charge in [0.15, 0.2) is 0 Å². The number of benzene rings is 1. The minimum absolute atomic E-state index is 0.375. The average Bonchev–Trinajstić information content (AvgIpc) is 3.20. The van der Waals surface area contributed by atoms with E-state index in [2.05, 4.69) is 51.8 Å². The van der Waals surface area contributed by atoms with Crippen LogP contribution >= 0.6 is 0 Å². The molecule has 4 heteroatoms. The van der Waals surface area contributed by atoms with Crippen LogP contribution in [-0.2, 0) is 17.9 Å². The van der Waals surface area contributed by atoms with Gasteiger partial charge in [-0.2, -0.15) is 0 Å². The number of carbonyl (C=O) groups excluding carboxylic acids is 1. The number of nitrogens with zero attached hydrogens (tertiary/aromatic N) is 3. The zero-order valence-corrected chi connectivity index (χ0v) is 14.6. The molecule has 2 aromatic rings. The minimum atomic E-state index is 0.375. The topological polar surface area (TPSA) is 28.5 Å². The predicted molar refractivity (Wildman–Crippen MR) is 96.9 cm³/mol. The van der Waals surface area contributed by atoms with Gasteiger partial charge in [0.2, 0.25) is 5.91 Å². The Morgan fingerprint density at radius 2 is 1.92 bits per heavy atom. The quantitative estimate of drug-likeness (QED) is 0.863. The van der Waals surface area contributed by atoms with Crippen LogP contribution in [0.3, 0.4) is 0 Å². The van der Waals surface area contributed by atoms with Gasteiger partial charge in [0, 0.05) is 62.3 Å². The summed E-state index contributed by atoms with van der Waals surface area (Å²) in [6.07, 6.45) is 6.38. The minimum Gasteiger partial charge on any atom is -0.347 e. The van der Waals surface area contributed by atoms with Gasteiger partial charge in [0.25, 0.3) is 0 Å². The first-order valence-electron chi connectivity index (χ1n) is 9.35. The van der Waals surface area contributed by atoms with Gasteiger partial charge in [-0.1, -0.05) is 18.2 Å². The summed E-state index contributed by atoms with van der Waals surface area (Å²) in [4.78, 5) is 16.6. The third-order valence-corrected chi connectivity index (χ3v) is 5.71. The van der Waals surface area contributed by atoms with Crippen LogP contribution in [0.4, 0.5) is 0 Å². The molecular weight excluding hydrogens is 298 g/mol. The van der Waals surface area contributed by atoms with Crippen molar-refractivity contribution in [2.75, 3.05) is 19.6 Å². The number of fused-ring (bicyclic) bond motifs is 1. The molecule has 0 unspecified atom stereocenters. The fourth-order valence-corrected chi connectivity index (χ4v) is 4.40. The van der Waals surface area contributed by atoms with Gasteiger partial charge in [-0.25, -0.2) is 0 Å². The van der Waals surface area contributed by atoms with Crippen molar-refractivity contribution in [2.45, 2.75) is 51.7 Å². The highest BCUT2D eigenvalue weighted by molar-refractivity contribution is 5.84. The largest absolute Gasteiger partial charge is 0.347 e. The predicted octanol–water partition coefficient (Wildman–Crippen LogP) is 3.25. The van der Waals surface area contributed by atoms with E-state index in [-0.39, 0.29) is 0 Å². The molecule has 2 aliphatic heterocycles. The summed E-state index contributed by atoms with van der Waals surface area (Å²) in [5, 5.41) is 1.39. The summed E-state index contributed by atoms with van der Waals surface area (Å²) in [7, 11) is 0. The van der Waals surface area contributed by atoms with Crippen LogP contribution in [0, 0.1) is 0 Å². The van der Waals surface area contributed by atoms with Crippen LogP contribution in [0.2, 0.25) is 0 Å². The van der Waals surface area contributed by atoms with E-state index in [0.29, 0.717) is 11.9 Å². The lowest BCUT2D eigenvalue weighted by atomic mass is 10.0. The molecule has 4 rings (SSSR count). The van der Waals surface area contributed by atoms with Crippen LogP contribution < -0.4 is 0 Å². The van der Waals surface area contributed by atoms with E-state index < -0.39 is 0 Å². The van der Waals surface area contributed by atoms with Crippen molar-refractivity contribution >= 4 is 16.8 Å². The standard InChI is InChI=1S/C20H27N3O/c1-2-22-15-16(18-6-3-4-7-19(18)22)14-21-12-9-17(10-13-21)23-11-5-8-20(23)24/h3-4,6-7,15,17H,2,5,8-14H2,1H3. The lowest BCUT2D eigenvalue weighted by Crippen LogP contribution is -2.45. The van der Waals surface area contributed by atoms with Crippen molar-refractivity contribution in [1.82, 2.24) is 14.4 Å². The fraction of sp³-hybridized carbons (Fsp3) is 0.550. The summed E-state index contributed by atoms with van der Waals surface area (Å²) in [6, 6.07) is 9.20. The Balaban J connectivity index is 1.43. The zero-order valence-electron chi connectivity index (χ0n) is 14.6. The highest BCUT2D eigenvalue weighted by Gasteiger charge is 2.30. The van der Waals surface area contributed by atoms with Crippen LogP contribution in [0.1, 0.15) is 38.2 Å². The van der Waals surface area contributed by atoms with Crippen LogP contribution in [-0.4, -0.2) is 46.0 Å². The van der Waals surface area contributed by atoms with E-state index >= 15 is 0 Å². The molecule has 1 aromatic heterocycles. The van der Waals surface area contributed by atoms with E-state index in [1.165, 1.54) is 16.5 Å². The van der Waals surface area contributed by atoms with Gasteiger partial charge in [0.05, 0.1) is 0 Å². The molecular formula is C20H27N3O. The molecule has 1 amide bonds. The Hall–Kier alpha value is -1.81. The van der Waals surface area contributed by atoms with Crippen molar-refractivity contribution < 1.29 is 4.79 Å². The van der Waals surface area contributed by atoms with Crippen molar-refractivity contribution in [3.63, 3.8) is 0 Å². The molecule has 0 radical (unpaired) electrons. The van der Waals surface area contributed by atoms with E-state index in [1.54, 1.807) is 0 Å². The van der Waals surface area contributed by atoms with Crippen molar-refractivity contribution in [1.29, 1.82) is 0 Å². The second-order valence-electron chi connectivity index (χ2n) is 7.16. The number of rotatable bonds is 4. The van der Waals surface area contributed by atoms with Gasteiger partial charge < -0.3 is 9.47 Å². The SMILES string of the molecule is CCn1cc(CN2CCC(N3CCCC3=O)CC2)c2ccccc21. The number of carbonyl (C=O) groups is 1. The average molecular weight is 325 g/mol. The van der Waals surface area contributed by atoms with Crippen molar-refractivity contribution in [2.24, 2.45) is 0 Å². The van der Waals surface area contributed by atoms with E-state index in [0.717, 1.165) is 58.4 Å². The molecule has 2 saturated heterocycles. The van der Waals surface area contributed by atoms with E-state index in [4.69, 9.17) is 0 Å². The van der Waals surface area contributed by atoms with E-state index in [9.17, 15) is 4.79 Å². The van der Waals surface area contributed by atoms with Crippen molar-refractivity contribution in [3.8, 4) is 0 Å². The molecule has 0 aliphatic carbocycles. The first kappa shape index (κ1) is 15.7. The number of para-hydroxylation sites is 1. The van der Waals surface area contributed by atoms with Gasteiger partial charge in [-0.15, -0.1) is 0 Å². The second kappa shape index (κ2) is 6.60. The lowest BCUT2D eigenvalue weighted by molar-refractivity contribution is -0.130. The van der Waals surface area contributed by atoms with Crippen LogP contribution in [0.5, 0.6) is 0 Å². The highest BCUT2D eigenvalue weighted by Crippen LogP contribution is 2.26. The van der Waals surface area contributed by atoms with E-state index in [1.807, 2.05) is 0 Å². The van der Waals surface area contributed by atoms with Gasteiger partial charge in [-0.3, -0.25) is 9.69 Å². The molecule has 0 saturated carbocycles.